The van der Waals surface area contributed by atoms with Crippen molar-refractivity contribution in [3.05, 3.63) is 95.1 Å². The zero-order chi connectivity index (χ0) is 30.8. The van der Waals surface area contributed by atoms with Gasteiger partial charge >= 0.3 is 6.18 Å². The van der Waals surface area contributed by atoms with Crippen LogP contribution in [0.15, 0.2) is 82.6 Å². The van der Waals surface area contributed by atoms with Crippen molar-refractivity contribution in [1.82, 2.24) is 9.80 Å². The third kappa shape index (κ3) is 12.0. The highest BCUT2D eigenvalue weighted by atomic mass is 32.2. The first kappa shape index (κ1) is 33.9. The molecular formula is C27H31F3N2O7S2. The predicted molar refractivity (Wildman–Crippen MR) is 146 cm³/mol. The lowest BCUT2D eigenvalue weighted by atomic mass is 10.1. The molecule has 0 unspecified atom stereocenters. The Bertz CT molecular complexity index is 1400. The molecule has 1 aliphatic rings. The maximum atomic E-state index is 12.4. The summed E-state index contributed by atoms with van der Waals surface area (Å²) in [6.07, 6.45) is -3.45. The summed E-state index contributed by atoms with van der Waals surface area (Å²) in [5.41, 5.74) is 2.14. The monoisotopic (exact) mass is 616 g/mol. The van der Waals surface area contributed by atoms with Crippen LogP contribution in [0.3, 0.4) is 0 Å². The number of halogens is 3. The van der Waals surface area contributed by atoms with Gasteiger partial charge in [0.05, 0.1) is 15.4 Å². The largest absolute Gasteiger partial charge is 0.416 e. The van der Waals surface area contributed by atoms with E-state index in [1.54, 1.807) is 29.2 Å². The van der Waals surface area contributed by atoms with Crippen molar-refractivity contribution < 1.29 is 43.9 Å². The molecule has 1 fully saturated rings. The summed E-state index contributed by atoms with van der Waals surface area (Å²) in [6.45, 7) is 7.14. The van der Waals surface area contributed by atoms with Gasteiger partial charge in [-0.15, -0.1) is 0 Å². The molecular weight excluding hydrogens is 585 g/mol. The minimum absolute atomic E-state index is 0.0666. The van der Waals surface area contributed by atoms with Gasteiger partial charge in [-0.2, -0.15) is 30.0 Å². The predicted octanol–water partition coefficient (Wildman–Crippen LogP) is 4.46. The van der Waals surface area contributed by atoms with E-state index in [1.165, 1.54) is 36.4 Å². The number of alkyl halides is 3. The highest BCUT2D eigenvalue weighted by Crippen LogP contribution is 2.29. The number of carbonyl (C=O) groups excluding carboxylic acids is 1. The van der Waals surface area contributed by atoms with E-state index in [-0.39, 0.29) is 9.79 Å². The van der Waals surface area contributed by atoms with Gasteiger partial charge in [-0.25, -0.2) is 0 Å². The Morgan fingerprint density at radius 1 is 0.707 bits per heavy atom. The van der Waals surface area contributed by atoms with Gasteiger partial charge in [0.1, 0.15) is 0 Å². The number of hydrogen-bond acceptors (Lipinski definition) is 6. The average molecular weight is 617 g/mol. The molecule has 1 aliphatic heterocycles. The minimum Gasteiger partial charge on any atom is -0.343 e. The van der Waals surface area contributed by atoms with Crippen LogP contribution in [0.25, 0.3) is 0 Å². The molecule has 2 N–H and O–H groups in total. The van der Waals surface area contributed by atoms with Crippen molar-refractivity contribution in [3.63, 3.8) is 0 Å². The fraction of sp³-hybridized carbons (Fsp3) is 0.296. The summed E-state index contributed by atoms with van der Waals surface area (Å²) >= 11 is 0. The van der Waals surface area contributed by atoms with E-state index in [1.807, 2.05) is 13.8 Å². The molecule has 14 heteroatoms. The van der Waals surface area contributed by atoms with Crippen molar-refractivity contribution in [1.29, 1.82) is 0 Å². The lowest BCUT2D eigenvalue weighted by Gasteiger charge is -2.32. The number of hydrogen-bond donors (Lipinski definition) is 2. The zero-order valence-corrected chi connectivity index (χ0v) is 24.0. The van der Waals surface area contributed by atoms with E-state index < -0.39 is 32.0 Å². The van der Waals surface area contributed by atoms with E-state index in [0.717, 1.165) is 48.3 Å². The second-order valence-electron chi connectivity index (χ2n) is 9.19. The second kappa shape index (κ2) is 14.5. The van der Waals surface area contributed by atoms with Gasteiger partial charge in [0.2, 0.25) is 6.41 Å². The first-order chi connectivity index (χ1) is 19.0. The Morgan fingerprint density at radius 2 is 1.10 bits per heavy atom. The van der Waals surface area contributed by atoms with Crippen LogP contribution in [0.4, 0.5) is 13.2 Å². The first-order valence-electron chi connectivity index (χ1n) is 12.1. The summed E-state index contributed by atoms with van der Waals surface area (Å²) in [5.74, 6) is 0. The maximum absolute atomic E-state index is 12.4. The van der Waals surface area contributed by atoms with Gasteiger partial charge in [-0.1, -0.05) is 47.5 Å². The van der Waals surface area contributed by atoms with Crippen LogP contribution < -0.4 is 0 Å². The molecule has 3 aromatic carbocycles. The molecule has 41 heavy (non-hydrogen) atoms. The Morgan fingerprint density at radius 3 is 1.41 bits per heavy atom. The fourth-order valence-electron chi connectivity index (χ4n) is 3.50. The molecule has 0 aromatic heterocycles. The van der Waals surface area contributed by atoms with Gasteiger partial charge in [-0.05, 0) is 55.8 Å². The van der Waals surface area contributed by atoms with Crippen LogP contribution in [-0.2, 0) is 37.8 Å². The number of benzene rings is 3. The smallest absolute Gasteiger partial charge is 0.343 e. The molecule has 0 aliphatic carbocycles. The van der Waals surface area contributed by atoms with Crippen LogP contribution >= 0.6 is 0 Å². The summed E-state index contributed by atoms with van der Waals surface area (Å²) in [5, 5.41) is 0. The Balaban J connectivity index is 0.000000230. The molecule has 0 saturated carbocycles. The van der Waals surface area contributed by atoms with Crippen molar-refractivity contribution in [2.45, 2.75) is 36.4 Å². The molecule has 1 amide bonds. The molecule has 1 heterocycles. The molecule has 0 bridgehead atoms. The quantitative estimate of drug-likeness (QED) is 0.317. The standard InChI is InChI=1S/C13H15F3N2O.2C7H8O3S/c14-13(15,16)12-3-1-11(2-4-12)9-17-5-7-18(10-19)8-6-17;2*1-6-2-4-7(5-3-6)11(8,9)10/h1-4,10H,5-9H2;2*2-5H,1H3,(H,8,9,10). The van der Waals surface area contributed by atoms with E-state index in [2.05, 4.69) is 4.90 Å². The third-order valence-corrected chi connectivity index (χ3v) is 7.62. The van der Waals surface area contributed by atoms with Crippen molar-refractivity contribution in [2.75, 3.05) is 26.2 Å². The van der Waals surface area contributed by atoms with Crippen LogP contribution in [0.5, 0.6) is 0 Å². The minimum atomic E-state index is -4.28. The van der Waals surface area contributed by atoms with E-state index >= 15 is 0 Å². The lowest BCUT2D eigenvalue weighted by Crippen LogP contribution is -2.45. The average Bonchev–Trinajstić information content (AvgIpc) is 2.89. The van der Waals surface area contributed by atoms with E-state index in [9.17, 15) is 34.8 Å². The number of aryl methyl sites for hydroxylation is 2. The number of rotatable bonds is 5. The normalized spacial score (nSPS) is 14.3. The molecule has 224 valence electrons. The van der Waals surface area contributed by atoms with Crippen molar-refractivity contribution in [3.8, 4) is 0 Å². The molecule has 9 nitrogen and oxygen atoms in total. The molecule has 4 rings (SSSR count). The zero-order valence-electron chi connectivity index (χ0n) is 22.3. The van der Waals surface area contributed by atoms with Crippen LogP contribution in [0.2, 0.25) is 0 Å². The first-order valence-corrected chi connectivity index (χ1v) is 15.0. The molecule has 0 radical (unpaired) electrons. The summed E-state index contributed by atoms with van der Waals surface area (Å²) < 4.78 is 96.3. The summed E-state index contributed by atoms with van der Waals surface area (Å²) in [6, 6.07) is 17.2. The number of nitrogens with zero attached hydrogens (tertiary/aromatic N) is 2. The number of amides is 1. The number of piperazine rings is 1. The molecule has 0 atom stereocenters. The van der Waals surface area contributed by atoms with Gasteiger partial charge in [0.15, 0.2) is 0 Å². The fourth-order valence-corrected chi connectivity index (χ4v) is 4.46. The Kier molecular flexibility index (Phi) is 12.0. The van der Waals surface area contributed by atoms with Gasteiger partial charge in [0, 0.05) is 32.7 Å². The van der Waals surface area contributed by atoms with Gasteiger partial charge < -0.3 is 4.90 Å². The van der Waals surface area contributed by atoms with Crippen LogP contribution in [0.1, 0.15) is 22.3 Å². The van der Waals surface area contributed by atoms with E-state index in [4.69, 9.17) is 9.11 Å². The Labute approximate surface area is 237 Å². The van der Waals surface area contributed by atoms with Crippen molar-refractivity contribution >= 4 is 26.6 Å². The van der Waals surface area contributed by atoms with Crippen molar-refractivity contribution in [2.24, 2.45) is 0 Å². The van der Waals surface area contributed by atoms with Crippen LogP contribution in [-0.4, -0.2) is 68.3 Å². The second-order valence-corrected chi connectivity index (χ2v) is 12.0. The maximum Gasteiger partial charge on any atom is 0.416 e. The van der Waals surface area contributed by atoms with Crippen LogP contribution in [0, 0.1) is 13.8 Å². The topological polar surface area (TPSA) is 132 Å². The number of carbonyl (C=O) groups is 1. The lowest BCUT2D eigenvalue weighted by molar-refractivity contribution is -0.137. The Hall–Kier alpha value is -3.30. The molecule has 0 spiro atoms. The molecule has 3 aromatic rings. The summed E-state index contributed by atoms with van der Waals surface area (Å²) in [7, 11) is -8.04. The molecule has 1 saturated heterocycles. The SMILES string of the molecule is Cc1ccc(S(=O)(=O)O)cc1.Cc1ccc(S(=O)(=O)O)cc1.O=CN1CCN(Cc2ccc(C(F)(F)F)cc2)CC1. The van der Waals surface area contributed by atoms with E-state index in [0.29, 0.717) is 19.6 Å². The van der Waals surface area contributed by atoms with Gasteiger partial charge in [-0.3, -0.25) is 18.8 Å². The highest BCUT2D eigenvalue weighted by molar-refractivity contribution is 7.86. The third-order valence-electron chi connectivity index (χ3n) is 5.88. The van der Waals surface area contributed by atoms with Gasteiger partial charge in [0.25, 0.3) is 20.2 Å². The summed E-state index contributed by atoms with van der Waals surface area (Å²) in [4.78, 5) is 14.2. The highest BCUT2D eigenvalue weighted by Gasteiger charge is 2.30.